The molecule has 2 aromatic carbocycles. The Balaban J connectivity index is 1.62. The third kappa shape index (κ3) is 5.61. The number of rotatable bonds is 6. The van der Waals surface area contributed by atoms with Crippen molar-refractivity contribution in [2.24, 2.45) is 5.92 Å². The van der Waals surface area contributed by atoms with Crippen LogP contribution in [-0.2, 0) is 11.0 Å². The van der Waals surface area contributed by atoms with Gasteiger partial charge in [-0.05, 0) is 86.2 Å². The topological polar surface area (TPSA) is 62.2 Å². The first-order valence-electron chi connectivity index (χ1n) is 13.3. The van der Waals surface area contributed by atoms with Crippen LogP contribution >= 0.6 is 23.8 Å². The van der Waals surface area contributed by atoms with E-state index in [4.69, 9.17) is 23.8 Å². The second-order valence-electron chi connectivity index (χ2n) is 10.5. The van der Waals surface area contributed by atoms with Crippen molar-refractivity contribution in [3.8, 4) is 5.69 Å². The largest absolute Gasteiger partial charge is 0.416 e. The summed E-state index contributed by atoms with van der Waals surface area (Å²) < 4.78 is 42.5. The van der Waals surface area contributed by atoms with Crippen LogP contribution in [0.1, 0.15) is 54.1 Å². The highest BCUT2D eigenvalue weighted by atomic mass is 35.5. The molecule has 2 atom stereocenters. The molecule has 3 heterocycles. The number of carbonyl (C=O) groups excluding carboxylic acids is 1. The van der Waals surface area contributed by atoms with Gasteiger partial charge in [-0.2, -0.15) is 13.2 Å². The number of hydrogen-bond donors (Lipinski definition) is 2. The molecular formula is C31H29ClF3N5OS. The molecule has 5 rings (SSSR count). The van der Waals surface area contributed by atoms with Crippen LogP contribution in [0.15, 0.2) is 72.9 Å². The molecule has 0 saturated carbocycles. The lowest BCUT2D eigenvalue weighted by molar-refractivity contribution is -0.137. The number of carbonyl (C=O) groups is 1. The molecule has 0 aliphatic carbocycles. The summed E-state index contributed by atoms with van der Waals surface area (Å²) in [6.45, 7) is 7.34. The second kappa shape index (κ2) is 11.4. The van der Waals surface area contributed by atoms with Gasteiger partial charge >= 0.3 is 6.18 Å². The maximum absolute atomic E-state index is 13.5. The van der Waals surface area contributed by atoms with Crippen molar-refractivity contribution in [1.82, 2.24) is 14.9 Å². The number of pyridine rings is 1. The minimum atomic E-state index is -4.46. The molecule has 6 nitrogen and oxygen atoms in total. The molecule has 1 fully saturated rings. The molecule has 2 aromatic heterocycles. The number of aryl methyl sites for hydroxylation is 1. The van der Waals surface area contributed by atoms with Crippen LogP contribution in [0.5, 0.6) is 0 Å². The molecule has 11 heteroatoms. The van der Waals surface area contributed by atoms with E-state index in [2.05, 4.69) is 15.6 Å². The van der Waals surface area contributed by atoms with Crippen LogP contribution in [0.3, 0.4) is 0 Å². The third-order valence-electron chi connectivity index (χ3n) is 7.33. The number of amides is 1. The number of alkyl halides is 3. The highest BCUT2D eigenvalue weighted by Gasteiger charge is 2.42. The molecule has 0 bridgehead atoms. The van der Waals surface area contributed by atoms with Gasteiger partial charge in [0, 0.05) is 34.9 Å². The van der Waals surface area contributed by atoms with Gasteiger partial charge in [0.15, 0.2) is 5.11 Å². The second-order valence-corrected chi connectivity index (χ2v) is 11.3. The maximum Gasteiger partial charge on any atom is 0.416 e. The summed E-state index contributed by atoms with van der Waals surface area (Å²) in [5.74, 6) is -0.371. The Morgan fingerprint density at radius 1 is 1.05 bits per heavy atom. The Bertz CT molecular complexity index is 1650. The predicted octanol–water partition coefficient (Wildman–Crippen LogP) is 7.93. The minimum Gasteiger partial charge on any atom is -0.351 e. The number of benzene rings is 2. The van der Waals surface area contributed by atoms with Gasteiger partial charge in [-0.1, -0.05) is 37.6 Å². The van der Waals surface area contributed by atoms with Gasteiger partial charge < -0.3 is 20.1 Å². The first-order chi connectivity index (χ1) is 19.9. The molecule has 0 radical (unpaired) electrons. The maximum atomic E-state index is 13.5. The van der Waals surface area contributed by atoms with Crippen LogP contribution in [0, 0.1) is 19.8 Å². The van der Waals surface area contributed by atoms with E-state index in [1.54, 1.807) is 38.2 Å². The van der Waals surface area contributed by atoms with E-state index in [1.165, 1.54) is 6.07 Å². The van der Waals surface area contributed by atoms with E-state index >= 15 is 0 Å². The fourth-order valence-electron chi connectivity index (χ4n) is 5.29. The zero-order chi connectivity index (χ0) is 30.3. The highest BCUT2D eigenvalue weighted by Crippen LogP contribution is 2.45. The molecule has 4 aromatic rings. The molecule has 0 spiro atoms. The summed E-state index contributed by atoms with van der Waals surface area (Å²) in [5, 5.41) is 7.02. The first kappa shape index (κ1) is 29.6. The normalized spacial score (nSPS) is 17.1. The predicted molar refractivity (Wildman–Crippen MR) is 163 cm³/mol. The van der Waals surface area contributed by atoms with Gasteiger partial charge in [0.25, 0.3) is 0 Å². The van der Waals surface area contributed by atoms with Gasteiger partial charge in [-0.25, -0.2) is 0 Å². The fourth-order valence-corrected chi connectivity index (χ4v) is 5.85. The Labute approximate surface area is 252 Å². The van der Waals surface area contributed by atoms with Crippen molar-refractivity contribution in [1.29, 1.82) is 0 Å². The lowest BCUT2D eigenvalue weighted by Crippen LogP contribution is -2.29. The lowest BCUT2D eigenvalue weighted by atomic mass is 9.96. The Hall–Kier alpha value is -3.89. The zero-order valence-electron chi connectivity index (χ0n) is 23.3. The number of thiocarbonyl (C=S) groups is 1. The quantitative estimate of drug-likeness (QED) is 0.217. The fraction of sp³-hybridized carbons (Fsp3) is 0.258. The first-order valence-corrected chi connectivity index (χ1v) is 14.1. The summed E-state index contributed by atoms with van der Waals surface area (Å²) in [6.07, 6.45) is -2.76. The van der Waals surface area contributed by atoms with Crippen molar-refractivity contribution in [3.63, 3.8) is 0 Å². The van der Waals surface area contributed by atoms with Gasteiger partial charge in [0.1, 0.15) is 0 Å². The number of anilines is 2. The average Bonchev–Trinajstić information content (AvgIpc) is 3.44. The van der Waals surface area contributed by atoms with Crippen molar-refractivity contribution >= 4 is 46.2 Å². The highest BCUT2D eigenvalue weighted by molar-refractivity contribution is 7.80. The average molecular weight is 612 g/mol. The zero-order valence-corrected chi connectivity index (χ0v) is 24.9. The number of nitrogens with zero attached hydrogens (tertiary/aromatic N) is 3. The standard InChI is InChI=1S/C31H29ClF3N5OS/c1-17(2)29(41)37-25-12-11-22(16-24(25)32)40-28(27(38-30(40)42)26-10-5-6-13-36-26)23-14-18(3)39(19(23)4)21-9-7-8-20(15-21)31(33,34)35/h5-17,27-28H,1-4H3,(H,37,41)(H,38,42)/t27-,28-/m1/s1. The van der Waals surface area contributed by atoms with E-state index in [0.717, 1.165) is 34.8 Å². The number of hydrogen-bond acceptors (Lipinski definition) is 3. The van der Waals surface area contributed by atoms with Crippen molar-refractivity contribution in [3.05, 3.63) is 106 Å². The molecule has 42 heavy (non-hydrogen) atoms. The van der Waals surface area contributed by atoms with Gasteiger partial charge in [0.05, 0.1) is 34.1 Å². The van der Waals surface area contributed by atoms with Crippen molar-refractivity contribution in [2.75, 3.05) is 10.2 Å². The molecule has 2 N–H and O–H groups in total. The van der Waals surface area contributed by atoms with Crippen LogP contribution in [0.25, 0.3) is 5.69 Å². The molecule has 1 aliphatic heterocycles. The minimum absolute atomic E-state index is 0.155. The molecule has 1 amide bonds. The van der Waals surface area contributed by atoms with Crippen LogP contribution < -0.4 is 15.5 Å². The van der Waals surface area contributed by atoms with Crippen LogP contribution in [0.4, 0.5) is 24.5 Å². The lowest BCUT2D eigenvalue weighted by Gasteiger charge is -2.28. The van der Waals surface area contributed by atoms with Crippen molar-refractivity contribution < 1.29 is 18.0 Å². The van der Waals surface area contributed by atoms with E-state index in [0.29, 0.717) is 27.2 Å². The summed E-state index contributed by atoms with van der Waals surface area (Å²) >= 11 is 12.5. The Morgan fingerprint density at radius 3 is 2.45 bits per heavy atom. The molecule has 218 valence electrons. The van der Waals surface area contributed by atoms with Crippen molar-refractivity contribution in [2.45, 2.75) is 46.0 Å². The van der Waals surface area contributed by atoms with E-state index < -0.39 is 17.8 Å². The number of nitrogens with one attached hydrogen (secondary N) is 2. The van der Waals surface area contributed by atoms with E-state index in [9.17, 15) is 18.0 Å². The Kier molecular flexibility index (Phi) is 8.04. The monoisotopic (exact) mass is 611 g/mol. The van der Waals surface area contributed by atoms with Crippen LogP contribution in [-0.4, -0.2) is 20.6 Å². The van der Waals surface area contributed by atoms with Crippen LogP contribution in [0.2, 0.25) is 5.02 Å². The van der Waals surface area contributed by atoms with Gasteiger partial charge in [-0.3, -0.25) is 9.78 Å². The van der Waals surface area contributed by atoms with Gasteiger partial charge in [-0.15, -0.1) is 0 Å². The van der Waals surface area contributed by atoms with E-state index in [1.807, 2.05) is 53.6 Å². The summed E-state index contributed by atoms with van der Waals surface area (Å²) in [6, 6.07) is 17.4. The SMILES string of the molecule is Cc1cc([C@@H]2[C@@H](c3ccccn3)NC(=S)N2c2ccc(NC(=O)C(C)C)c(Cl)c2)c(C)n1-c1cccc(C(F)(F)F)c1. The van der Waals surface area contributed by atoms with Gasteiger partial charge in [0.2, 0.25) is 5.91 Å². The summed E-state index contributed by atoms with van der Waals surface area (Å²) in [4.78, 5) is 18.8. The summed E-state index contributed by atoms with van der Waals surface area (Å²) in [5.41, 5.74) is 4.01. The molecule has 0 unspecified atom stereocenters. The Morgan fingerprint density at radius 2 is 1.81 bits per heavy atom. The molecule has 1 aliphatic rings. The third-order valence-corrected chi connectivity index (χ3v) is 7.96. The summed E-state index contributed by atoms with van der Waals surface area (Å²) in [7, 11) is 0. The smallest absolute Gasteiger partial charge is 0.351 e. The van der Waals surface area contributed by atoms with E-state index in [-0.39, 0.29) is 17.9 Å². The number of aromatic nitrogens is 2. The number of halogens is 4. The molecule has 1 saturated heterocycles. The molecular weight excluding hydrogens is 583 g/mol.